The number of guanidine groups is 1. The molecule has 0 aliphatic rings. The van der Waals surface area contributed by atoms with E-state index in [1.807, 2.05) is 31.2 Å². The van der Waals surface area contributed by atoms with Crippen molar-refractivity contribution in [3.05, 3.63) is 29.8 Å². The van der Waals surface area contributed by atoms with E-state index >= 15 is 0 Å². The van der Waals surface area contributed by atoms with Crippen LogP contribution in [-0.4, -0.2) is 23.8 Å². The Hall–Kier alpha value is -1.86. The Morgan fingerprint density at radius 1 is 1.42 bits per heavy atom. The van der Waals surface area contributed by atoms with Gasteiger partial charge in [0.2, 0.25) is 5.96 Å². The van der Waals surface area contributed by atoms with Gasteiger partial charge in [-0.1, -0.05) is 12.1 Å². The van der Waals surface area contributed by atoms with Crippen LogP contribution < -0.4 is 21.8 Å². The molecule has 0 spiro atoms. The number of hydrogen-bond donors (Lipinski definition) is 5. The van der Waals surface area contributed by atoms with Crippen LogP contribution in [0.1, 0.15) is 12.5 Å². The van der Waals surface area contributed by atoms with Gasteiger partial charge in [0, 0.05) is 12.7 Å². The molecular weight excluding hydrogens is 284 g/mol. The highest BCUT2D eigenvalue weighted by molar-refractivity contribution is 7.80. The van der Waals surface area contributed by atoms with Gasteiger partial charge in [-0.2, -0.15) is 5.10 Å². The summed E-state index contributed by atoms with van der Waals surface area (Å²) < 4.78 is 0. The number of thiocarbonyl (C=S) groups is 1. The number of rotatable bonds is 3. The fourth-order valence-corrected chi connectivity index (χ4v) is 1.34. The molecule has 0 saturated heterocycles. The van der Waals surface area contributed by atoms with Crippen molar-refractivity contribution < 1.29 is 0 Å². The zero-order valence-corrected chi connectivity index (χ0v) is 12.3. The first-order chi connectivity index (χ1) is 8.52. The first-order valence-electron chi connectivity index (χ1n) is 5.26. The van der Waals surface area contributed by atoms with Crippen molar-refractivity contribution in [2.24, 2.45) is 10.8 Å². The minimum absolute atomic E-state index is 0. The molecule has 0 amide bonds. The maximum atomic E-state index is 7.03. The summed E-state index contributed by atoms with van der Waals surface area (Å²) in [5.41, 5.74) is 10.1. The zero-order chi connectivity index (χ0) is 13.5. The second-order valence-corrected chi connectivity index (χ2v) is 3.92. The highest BCUT2D eigenvalue weighted by Crippen LogP contribution is 2.11. The van der Waals surface area contributed by atoms with E-state index in [-0.39, 0.29) is 18.4 Å². The molecule has 0 aliphatic carbocycles. The van der Waals surface area contributed by atoms with Gasteiger partial charge < -0.3 is 16.4 Å². The normalized spacial score (nSPS) is 10.1. The molecule has 6 nitrogen and oxygen atoms in total. The number of anilines is 1. The molecule has 0 saturated carbocycles. The summed E-state index contributed by atoms with van der Waals surface area (Å²) in [5.74, 6) is -0.194. The predicted molar refractivity (Wildman–Crippen MR) is 86.2 cm³/mol. The molecule has 1 aromatic carbocycles. The van der Waals surface area contributed by atoms with Crippen molar-refractivity contribution in [3.8, 4) is 0 Å². The van der Waals surface area contributed by atoms with Gasteiger partial charge in [0.1, 0.15) is 0 Å². The molecule has 6 N–H and O–H groups in total. The van der Waals surface area contributed by atoms with Gasteiger partial charge in [0.25, 0.3) is 0 Å². The zero-order valence-electron chi connectivity index (χ0n) is 10.7. The molecule has 0 bridgehead atoms. The molecule has 19 heavy (non-hydrogen) atoms. The molecule has 1 aromatic rings. The Labute approximate surface area is 123 Å². The molecular formula is C11H17ClN6S. The van der Waals surface area contributed by atoms with Crippen LogP contribution >= 0.6 is 24.6 Å². The Morgan fingerprint density at radius 2 is 2.11 bits per heavy atom. The molecule has 1 rings (SSSR count). The number of hydrogen-bond acceptors (Lipinski definition) is 3. The minimum atomic E-state index is -0.194. The lowest BCUT2D eigenvalue weighted by Crippen LogP contribution is -2.26. The topological polar surface area (TPSA) is 98.3 Å². The quantitative estimate of drug-likeness (QED) is 0.250. The molecule has 0 aromatic heterocycles. The standard InChI is InChI=1S/C11H16N6S.ClH/c1-7(16-17-10(12)13)8-4-3-5-9(6-8)15-11(18)14-2;/h3-6H,1-2H3,(H4,12,13,17)(H2,14,15,18);1H/b16-7+;. The third-order valence-corrected chi connectivity index (χ3v) is 2.42. The number of benzene rings is 1. The van der Waals surface area contributed by atoms with E-state index in [1.54, 1.807) is 7.05 Å². The van der Waals surface area contributed by atoms with Crippen LogP contribution in [0, 0.1) is 5.41 Å². The number of hydrazone groups is 1. The Bertz CT molecular complexity index is 488. The fraction of sp³-hybridized carbons (Fsp3) is 0.182. The molecule has 8 heteroatoms. The molecule has 0 heterocycles. The van der Waals surface area contributed by atoms with Crippen LogP contribution in [0.3, 0.4) is 0 Å². The van der Waals surface area contributed by atoms with Crippen molar-refractivity contribution in [2.75, 3.05) is 12.4 Å². The Balaban J connectivity index is 0.00000324. The van der Waals surface area contributed by atoms with E-state index in [4.69, 9.17) is 23.4 Å². The van der Waals surface area contributed by atoms with Crippen molar-refractivity contribution in [3.63, 3.8) is 0 Å². The van der Waals surface area contributed by atoms with Gasteiger partial charge in [-0.25, -0.2) is 5.43 Å². The maximum absolute atomic E-state index is 7.03. The van der Waals surface area contributed by atoms with Crippen LogP contribution in [0.2, 0.25) is 0 Å². The molecule has 104 valence electrons. The van der Waals surface area contributed by atoms with E-state index in [1.165, 1.54) is 0 Å². The first kappa shape index (κ1) is 17.1. The van der Waals surface area contributed by atoms with Crippen LogP contribution in [0.4, 0.5) is 5.69 Å². The average Bonchev–Trinajstić information content (AvgIpc) is 2.36. The lowest BCUT2D eigenvalue weighted by Gasteiger charge is -2.08. The smallest absolute Gasteiger partial charge is 0.206 e. The van der Waals surface area contributed by atoms with E-state index in [2.05, 4.69) is 21.2 Å². The van der Waals surface area contributed by atoms with Gasteiger partial charge in [0.15, 0.2) is 5.11 Å². The van der Waals surface area contributed by atoms with E-state index in [0.717, 1.165) is 17.0 Å². The van der Waals surface area contributed by atoms with Gasteiger partial charge in [-0.3, -0.25) is 5.41 Å². The van der Waals surface area contributed by atoms with Crippen molar-refractivity contribution in [1.29, 1.82) is 5.41 Å². The van der Waals surface area contributed by atoms with E-state index < -0.39 is 0 Å². The highest BCUT2D eigenvalue weighted by Gasteiger charge is 2.00. The first-order valence-corrected chi connectivity index (χ1v) is 5.67. The summed E-state index contributed by atoms with van der Waals surface area (Å²) in [4.78, 5) is 0. The Kier molecular flexibility index (Phi) is 7.47. The fourth-order valence-electron chi connectivity index (χ4n) is 1.22. The molecule has 0 atom stereocenters. The highest BCUT2D eigenvalue weighted by atomic mass is 35.5. The summed E-state index contributed by atoms with van der Waals surface area (Å²) in [5, 5.41) is 17.4. The van der Waals surface area contributed by atoms with Crippen molar-refractivity contribution in [1.82, 2.24) is 10.7 Å². The van der Waals surface area contributed by atoms with Gasteiger partial charge in [0.05, 0.1) is 5.71 Å². The number of halogens is 1. The number of nitrogens with one attached hydrogen (secondary N) is 4. The third-order valence-electron chi connectivity index (χ3n) is 2.11. The predicted octanol–water partition coefficient (Wildman–Crippen LogP) is 1.23. The van der Waals surface area contributed by atoms with Gasteiger partial charge in [-0.05, 0) is 36.8 Å². The van der Waals surface area contributed by atoms with E-state index in [0.29, 0.717) is 5.11 Å². The van der Waals surface area contributed by atoms with Crippen LogP contribution in [-0.2, 0) is 0 Å². The molecule has 0 unspecified atom stereocenters. The van der Waals surface area contributed by atoms with Crippen molar-refractivity contribution >= 4 is 47.1 Å². The lowest BCUT2D eigenvalue weighted by molar-refractivity contribution is 0.992. The second-order valence-electron chi connectivity index (χ2n) is 3.51. The van der Waals surface area contributed by atoms with Crippen molar-refractivity contribution in [2.45, 2.75) is 6.92 Å². The minimum Gasteiger partial charge on any atom is -0.369 e. The summed E-state index contributed by atoms with van der Waals surface area (Å²) in [6.07, 6.45) is 0. The average molecular weight is 301 g/mol. The second kappa shape index (κ2) is 8.28. The van der Waals surface area contributed by atoms with Gasteiger partial charge in [-0.15, -0.1) is 12.4 Å². The molecule has 0 fully saturated rings. The summed E-state index contributed by atoms with van der Waals surface area (Å²) in [6.45, 7) is 1.82. The maximum Gasteiger partial charge on any atom is 0.206 e. The Morgan fingerprint density at radius 3 is 2.68 bits per heavy atom. The SMILES string of the molecule is CNC(=S)Nc1cccc(/C(C)=N/NC(=N)N)c1.Cl. The largest absolute Gasteiger partial charge is 0.369 e. The summed E-state index contributed by atoms with van der Waals surface area (Å²) in [6, 6.07) is 7.61. The van der Waals surface area contributed by atoms with Gasteiger partial charge >= 0.3 is 0 Å². The van der Waals surface area contributed by atoms with Crippen LogP contribution in [0.15, 0.2) is 29.4 Å². The third kappa shape index (κ3) is 6.03. The summed E-state index contributed by atoms with van der Waals surface area (Å²) >= 11 is 5.02. The summed E-state index contributed by atoms with van der Waals surface area (Å²) in [7, 11) is 1.75. The monoisotopic (exact) mass is 300 g/mol. The lowest BCUT2D eigenvalue weighted by atomic mass is 10.1. The number of nitrogens with zero attached hydrogens (tertiary/aromatic N) is 1. The van der Waals surface area contributed by atoms with E-state index in [9.17, 15) is 0 Å². The molecule has 0 aliphatic heterocycles. The number of nitrogens with two attached hydrogens (primary N) is 1. The van der Waals surface area contributed by atoms with Crippen LogP contribution in [0.25, 0.3) is 0 Å². The van der Waals surface area contributed by atoms with Crippen LogP contribution in [0.5, 0.6) is 0 Å². The molecule has 0 radical (unpaired) electrons.